The van der Waals surface area contributed by atoms with Gasteiger partial charge in [-0.2, -0.15) is 31.4 Å². The average Bonchev–Trinajstić information content (AvgIpc) is 3.19. The first-order valence-corrected chi connectivity index (χ1v) is 9.09. The van der Waals surface area contributed by atoms with Gasteiger partial charge in [0.25, 0.3) is 11.8 Å². The number of nitrogens with one attached hydrogen (secondary N) is 2. The fourth-order valence-corrected chi connectivity index (χ4v) is 2.91. The van der Waals surface area contributed by atoms with E-state index in [1.807, 2.05) is 5.43 Å². The molecule has 0 saturated carbocycles. The predicted octanol–water partition coefficient (Wildman–Crippen LogP) is 4.34. The first-order chi connectivity index (χ1) is 15.3. The van der Waals surface area contributed by atoms with Gasteiger partial charge >= 0.3 is 12.4 Å². The van der Waals surface area contributed by atoms with Crippen LogP contribution in [0.25, 0.3) is 5.69 Å². The van der Waals surface area contributed by atoms with Gasteiger partial charge in [-0.3, -0.25) is 20.4 Å². The monoisotopic (exact) mass is 492 g/mol. The molecular weight excluding hydrogens is 482 g/mol. The highest BCUT2D eigenvalue weighted by atomic mass is 35.5. The van der Waals surface area contributed by atoms with Gasteiger partial charge in [-0.25, -0.2) is 4.68 Å². The summed E-state index contributed by atoms with van der Waals surface area (Å²) in [6.07, 6.45) is -9.54. The number of halogens is 7. The normalized spacial score (nSPS) is 11.8. The zero-order chi connectivity index (χ0) is 24.6. The van der Waals surface area contributed by atoms with Crippen LogP contribution in [0.1, 0.15) is 32.0 Å². The maximum atomic E-state index is 13.7. The summed E-state index contributed by atoms with van der Waals surface area (Å²) in [5, 5.41) is 13.1. The summed E-state index contributed by atoms with van der Waals surface area (Å²) in [4.78, 5) is 24.4. The summed E-state index contributed by atoms with van der Waals surface area (Å²) < 4.78 is 80.0. The van der Waals surface area contributed by atoms with Gasteiger partial charge in [0.2, 0.25) is 0 Å². The third-order valence-electron chi connectivity index (χ3n) is 4.19. The fourth-order valence-electron chi connectivity index (χ4n) is 2.74. The van der Waals surface area contributed by atoms with E-state index < -0.39 is 52.4 Å². The molecule has 1 heterocycles. The maximum absolute atomic E-state index is 13.7. The minimum absolute atomic E-state index is 0.0611. The molecule has 0 unspecified atom stereocenters. The van der Waals surface area contributed by atoms with Gasteiger partial charge in [0, 0.05) is 5.02 Å². The van der Waals surface area contributed by atoms with Gasteiger partial charge in [0.15, 0.2) is 5.69 Å². The molecule has 0 fully saturated rings. The van der Waals surface area contributed by atoms with E-state index in [2.05, 4.69) is 5.10 Å². The number of hydrogen-bond donors (Lipinski definition) is 3. The van der Waals surface area contributed by atoms with E-state index in [4.69, 9.17) is 11.6 Å². The SMILES string of the molecule is O=C(NNC(=O)c1cnn(-c2cccc(C(F)(F)F)c2)c1C(F)(F)F)c1cc(Cl)ccc1O. The van der Waals surface area contributed by atoms with Crippen LogP contribution in [0.4, 0.5) is 26.3 Å². The number of nitrogens with zero attached hydrogens (tertiary/aromatic N) is 2. The fraction of sp³-hybridized carbons (Fsp3) is 0.105. The van der Waals surface area contributed by atoms with E-state index in [1.54, 1.807) is 5.43 Å². The molecule has 7 nitrogen and oxygen atoms in total. The number of aromatic nitrogens is 2. The molecule has 14 heteroatoms. The van der Waals surface area contributed by atoms with Crippen LogP contribution in [-0.4, -0.2) is 26.7 Å². The number of carbonyl (C=O) groups excluding carboxylic acids is 2. The summed E-state index contributed by atoms with van der Waals surface area (Å²) >= 11 is 5.71. The van der Waals surface area contributed by atoms with Gasteiger partial charge in [-0.1, -0.05) is 17.7 Å². The van der Waals surface area contributed by atoms with Gasteiger partial charge in [0.05, 0.1) is 28.6 Å². The van der Waals surface area contributed by atoms with Crippen molar-refractivity contribution in [3.05, 3.63) is 76.1 Å². The minimum atomic E-state index is -5.20. The number of alkyl halides is 6. The van der Waals surface area contributed by atoms with Crippen molar-refractivity contribution in [1.82, 2.24) is 20.6 Å². The smallest absolute Gasteiger partial charge is 0.434 e. The Balaban J connectivity index is 1.91. The third-order valence-corrected chi connectivity index (χ3v) is 4.43. The first kappa shape index (κ1) is 23.9. The van der Waals surface area contributed by atoms with E-state index in [9.17, 15) is 41.0 Å². The number of rotatable bonds is 3. The molecule has 0 spiro atoms. The molecule has 0 saturated heterocycles. The number of benzene rings is 2. The van der Waals surface area contributed by atoms with Crippen molar-refractivity contribution in [3.63, 3.8) is 0 Å². The standard InChI is InChI=1S/C19H11ClF6N4O3/c20-10-4-5-14(31)12(7-10)16(32)28-29-17(33)13-8-27-30(15(13)19(24,25)26)11-3-1-2-9(6-11)18(21,22)23/h1-8,31H,(H,28,32)(H,29,33). The summed E-state index contributed by atoms with van der Waals surface area (Å²) in [7, 11) is 0. The average molecular weight is 493 g/mol. The number of phenols is 1. The maximum Gasteiger partial charge on any atom is 0.434 e. The molecule has 0 aliphatic heterocycles. The number of aromatic hydroxyl groups is 1. The van der Waals surface area contributed by atoms with Crippen LogP contribution in [0.15, 0.2) is 48.7 Å². The van der Waals surface area contributed by atoms with E-state index in [0.29, 0.717) is 18.3 Å². The lowest BCUT2D eigenvalue weighted by Gasteiger charge is -2.14. The Labute approximate surface area is 185 Å². The van der Waals surface area contributed by atoms with Crippen molar-refractivity contribution in [2.45, 2.75) is 12.4 Å². The molecule has 2 amide bonds. The molecule has 1 aromatic heterocycles. The Hall–Kier alpha value is -3.74. The Morgan fingerprint density at radius 2 is 1.55 bits per heavy atom. The van der Waals surface area contributed by atoms with Gasteiger partial charge in [-0.15, -0.1) is 0 Å². The van der Waals surface area contributed by atoms with Crippen molar-refractivity contribution >= 4 is 23.4 Å². The van der Waals surface area contributed by atoms with E-state index in [1.165, 1.54) is 6.07 Å². The summed E-state index contributed by atoms with van der Waals surface area (Å²) in [5.41, 5.74) is -1.39. The van der Waals surface area contributed by atoms with E-state index >= 15 is 0 Å². The molecule has 174 valence electrons. The largest absolute Gasteiger partial charge is 0.507 e. The van der Waals surface area contributed by atoms with Crippen LogP contribution in [0.3, 0.4) is 0 Å². The highest BCUT2D eigenvalue weighted by Gasteiger charge is 2.41. The number of hydrogen-bond acceptors (Lipinski definition) is 4. The molecule has 0 radical (unpaired) electrons. The lowest BCUT2D eigenvalue weighted by Crippen LogP contribution is -2.42. The molecule has 33 heavy (non-hydrogen) atoms. The molecule has 0 bridgehead atoms. The molecule has 3 aromatic rings. The number of hydrazine groups is 1. The second-order valence-electron chi connectivity index (χ2n) is 6.43. The predicted molar refractivity (Wildman–Crippen MR) is 102 cm³/mol. The van der Waals surface area contributed by atoms with Gasteiger partial charge in [0.1, 0.15) is 5.75 Å². The lowest BCUT2D eigenvalue weighted by atomic mass is 10.1. The minimum Gasteiger partial charge on any atom is -0.507 e. The quantitative estimate of drug-likeness (QED) is 0.374. The van der Waals surface area contributed by atoms with E-state index in [-0.39, 0.29) is 15.3 Å². The lowest BCUT2D eigenvalue weighted by molar-refractivity contribution is -0.143. The second-order valence-corrected chi connectivity index (χ2v) is 6.87. The number of amides is 2. The Morgan fingerprint density at radius 3 is 2.15 bits per heavy atom. The van der Waals surface area contributed by atoms with Crippen LogP contribution >= 0.6 is 11.6 Å². The van der Waals surface area contributed by atoms with Gasteiger partial charge < -0.3 is 5.11 Å². The molecule has 0 atom stereocenters. The molecule has 3 rings (SSSR count). The van der Waals surface area contributed by atoms with Crippen LogP contribution in [0.2, 0.25) is 5.02 Å². The second kappa shape index (κ2) is 8.65. The number of carbonyl (C=O) groups is 2. The zero-order valence-electron chi connectivity index (χ0n) is 15.9. The molecule has 2 aromatic carbocycles. The van der Waals surface area contributed by atoms with Gasteiger partial charge in [-0.05, 0) is 36.4 Å². The molecule has 0 aliphatic carbocycles. The Morgan fingerprint density at radius 1 is 0.909 bits per heavy atom. The van der Waals surface area contributed by atoms with Crippen molar-refractivity contribution in [1.29, 1.82) is 0 Å². The van der Waals surface area contributed by atoms with Crippen molar-refractivity contribution in [2.24, 2.45) is 0 Å². The molecule has 3 N–H and O–H groups in total. The first-order valence-electron chi connectivity index (χ1n) is 8.71. The van der Waals surface area contributed by atoms with Crippen LogP contribution in [-0.2, 0) is 12.4 Å². The van der Waals surface area contributed by atoms with Crippen molar-refractivity contribution in [3.8, 4) is 11.4 Å². The Kier molecular flexibility index (Phi) is 6.27. The van der Waals surface area contributed by atoms with Crippen LogP contribution in [0, 0.1) is 0 Å². The molecular formula is C19H11ClF6N4O3. The van der Waals surface area contributed by atoms with Crippen LogP contribution < -0.4 is 10.9 Å². The molecule has 0 aliphatic rings. The van der Waals surface area contributed by atoms with Crippen molar-refractivity contribution in [2.75, 3.05) is 0 Å². The van der Waals surface area contributed by atoms with Crippen molar-refractivity contribution < 1.29 is 41.0 Å². The van der Waals surface area contributed by atoms with Crippen LogP contribution in [0.5, 0.6) is 5.75 Å². The summed E-state index contributed by atoms with van der Waals surface area (Å²) in [5.74, 6) is -3.07. The summed E-state index contributed by atoms with van der Waals surface area (Å²) in [6.45, 7) is 0. The zero-order valence-corrected chi connectivity index (χ0v) is 16.7. The van der Waals surface area contributed by atoms with E-state index in [0.717, 1.165) is 24.3 Å². The number of phenolic OH excluding ortho intramolecular Hbond substituents is 1. The highest BCUT2D eigenvalue weighted by Crippen LogP contribution is 2.35. The third kappa shape index (κ3) is 5.19. The summed E-state index contributed by atoms with van der Waals surface area (Å²) in [6, 6.07) is 6.33. The topological polar surface area (TPSA) is 96.3 Å². The highest BCUT2D eigenvalue weighted by molar-refractivity contribution is 6.31. The Bertz CT molecular complexity index is 1220.